The summed E-state index contributed by atoms with van der Waals surface area (Å²) in [7, 11) is 0. The lowest BCUT2D eigenvalue weighted by Gasteiger charge is -2.34. The Bertz CT molecular complexity index is 1160. The van der Waals surface area contributed by atoms with E-state index in [2.05, 4.69) is 15.6 Å². The van der Waals surface area contributed by atoms with Crippen LogP contribution < -0.4 is 10.1 Å². The SMILES string of the molecule is CCOCCCN(C(=O)Cn1nnc2ccccc21)[C@H](C(=O)NC(C)(C)CC)c1ccc(OCC)cc1. The Morgan fingerprint density at radius 1 is 1.05 bits per heavy atom. The molecule has 1 aromatic heterocycles. The summed E-state index contributed by atoms with van der Waals surface area (Å²) >= 11 is 0. The van der Waals surface area contributed by atoms with Crippen molar-refractivity contribution in [3.8, 4) is 5.75 Å². The molecule has 0 aliphatic rings. The average molecular weight is 510 g/mol. The van der Waals surface area contributed by atoms with Crippen LogP contribution in [0.1, 0.15) is 59.1 Å². The predicted octanol–water partition coefficient (Wildman–Crippen LogP) is 4.13. The van der Waals surface area contributed by atoms with Gasteiger partial charge in [0.05, 0.1) is 12.1 Å². The lowest BCUT2D eigenvalue weighted by Crippen LogP contribution is -2.51. The molecule has 37 heavy (non-hydrogen) atoms. The van der Waals surface area contributed by atoms with E-state index in [9.17, 15) is 9.59 Å². The lowest BCUT2D eigenvalue weighted by molar-refractivity contribution is -0.142. The van der Waals surface area contributed by atoms with Gasteiger partial charge in [0.15, 0.2) is 0 Å². The van der Waals surface area contributed by atoms with E-state index in [-0.39, 0.29) is 18.4 Å². The quantitative estimate of drug-likeness (QED) is 0.328. The Kier molecular flexibility index (Phi) is 10.0. The Balaban J connectivity index is 1.97. The van der Waals surface area contributed by atoms with E-state index in [0.717, 1.165) is 11.9 Å². The number of carbonyl (C=O) groups is 2. The monoisotopic (exact) mass is 509 g/mol. The molecule has 0 aliphatic heterocycles. The summed E-state index contributed by atoms with van der Waals surface area (Å²) in [6.45, 7) is 11.8. The minimum Gasteiger partial charge on any atom is -0.494 e. The molecule has 9 heteroatoms. The molecule has 1 N–H and O–H groups in total. The van der Waals surface area contributed by atoms with Gasteiger partial charge in [-0.15, -0.1) is 5.10 Å². The van der Waals surface area contributed by atoms with E-state index in [4.69, 9.17) is 9.47 Å². The van der Waals surface area contributed by atoms with Gasteiger partial charge in [-0.05, 0) is 70.4 Å². The number of benzene rings is 2. The van der Waals surface area contributed by atoms with Crippen molar-refractivity contribution in [2.75, 3.05) is 26.4 Å². The fraction of sp³-hybridized carbons (Fsp3) is 0.500. The number of rotatable bonds is 14. The van der Waals surface area contributed by atoms with Crippen molar-refractivity contribution in [3.05, 3.63) is 54.1 Å². The molecule has 0 aliphatic carbocycles. The summed E-state index contributed by atoms with van der Waals surface area (Å²) < 4.78 is 12.7. The third-order valence-electron chi connectivity index (χ3n) is 6.33. The minimum absolute atomic E-state index is 0.0346. The van der Waals surface area contributed by atoms with Crippen LogP contribution in [0, 0.1) is 0 Å². The summed E-state index contributed by atoms with van der Waals surface area (Å²) in [5.41, 5.74) is 1.76. The first-order valence-electron chi connectivity index (χ1n) is 13.0. The normalized spacial score (nSPS) is 12.4. The Labute approximate surface area is 219 Å². The highest BCUT2D eigenvalue weighted by Gasteiger charge is 2.34. The molecular weight excluding hydrogens is 470 g/mol. The number of aromatic nitrogens is 3. The second-order valence-electron chi connectivity index (χ2n) is 9.50. The first-order chi connectivity index (χ1) is 17.8. The van der Waals surface area contributed by atoms with Gasteiger partial charge in [-0.25, -0.2) is 4.68 Å². The molecule has 200 valence electrons. The molecule has 3 aromatic rings. The van der Waals surface area contributed by atoms with Crippen molar-refractivity contribution in [1.29, 1.82) is 0 Å². The van der Waals surface area contributed by atoms with Crippen LogP contribution in [0.4, 0.5) is 0 Å². The number of nitrogens with one attached hydrogen (secondary N) is 1. The fourth-order valence-electron chi connectivity index (χ4n) is 4.01. The third kappa shape index (κ3) is 7.52. The molecule has 3 rings (SSSR count). The second-order valence-corrected chi connectivity index (χ2v) is 9.50. The van der Waals surface area contributed by atoms with Gasteiger partial charge in [-0.3, -0.25) is 9.59 Å². The van der Waals surface area contributed by atoms with Crippen molar-refractivity contribution in [1.82, 2.24) is 25.2 Å². The second kappa shape index (κ2) is 13.2. The van der Waals surface area contributed by atoms with Gasteiger partial charge in [0.2, 0.25) is 11.8 Å². The van der Waals surface area contributed by atoms with E-state index < -0.39 is 11.6 Å². The first-order valence-corrected chi connectivity index (χ1v) is 13.0. The fourth-order valence-corrected chi connectivity index (χ4v) is 4.01. The highest BCUT2D eigenvalue weighted by molar-refractivity contribution is 5.89. The highest BCUT2D eigenvalue weighted by Crippen LogP contribution is 2.26. The van der Waals surface area contributed by atoms with E-state index in [1.807, 2.05) is 83.1 Å². The number of amides is 2. The van der Waals surface area contributed by atoms with Gasteiger partial charge in [0.1, 0.15) is 23.9 Å². The molecule has 0 bridgehead atoms. The molecule has 0 saturated carbocycles. The van der Waals surface area contributed by atoms with E-state index in [1.165, 1.54) is 0 Å². The summed E-state index contributed by atoms with van der Waals surface area (Å²) in [5, 5.41) is 11.5. The summed E-state index contributed by atoms with van der Waals surface area (Å²) in [6.07, 6.45) is 1.34. The molecule has 1 atom stereocenters. The largest absolute Gasteiger partial charge is 0.494 e. The van der Waals surface area contributed by atoms with Crippen molar-refractivity contribution in [2.24, 2.45) is 0 Å². The molecule has 0 saturated heterocycles. The van der Waals surface area contributed by atoms with Crippen molar-refractivity contribution >= 4 is 22.8 Å². The van der Waals surface area contributed by atoms with Crippen molar-refractivity contribution in [3.63, 3.8) is 0 Å². The highest BCUT2D eigenvalue weighted by atomic mass is 16.5. The maximum Gasteiger partial charge on any atom is 0.247 e. The molecular formula is C28H39N5O4. The van der Waals surface area contributed by atoms with E-state index >= 15 is 0 Å². The van der Waals surface area contributed by atoms with Crippen LogP contribution in [0.25, 0.3) is 11.0 Å². The number of para-hydroxylation sites is 1. The molecule has 9 nitrogen and oxygen atoms in total. The molecule has 0 radical (unpaired) electrons. The number of hydrogen-bond donors (Lipinski definition) is 1. The van der Waals surface area contributed by atoms with Crippen LogP contribution in [0.2, 0.25) is 0 Å². The van der Waals surface area contributed by atoms with Gasteiger partial charge in [-0.2, -0.15) is 0 Å². The molecule has 2 aromatic carbocycles. The zero-order valence-corrected chi connectivity index (χ0v) is 22.6. The Morgan fingerprint density at radius 2 is 1.78 bits per heavy atom. The summed E-state index contributed by atoms with van der Waals surface area (Å²) in [6, 6.07) is 14.0. The number of nitrogens with zero attached hydrogens (tertiary/aromatic N) is 4. The molecule has 0 spiro atoms. The third-order valence-corrected chi connectivity index (χ3v) is 6.33. The van der Waals surface area contributed by atoms with Crippen molar-refractivity contribution in [2.45, 2.75) is 65.6 Å². The van der Waals surface area contributed by atoms with Crippen LogP contribution in [0.15, 0.2) is 48.5 Å². The smallest absolute Gasteiger partial charge is 0.247 e. The van der Waals surface area contributed by atoms with Crippen molar-refractivity contribution < 1.29 is 19.1 Å². The minimum atomic E-state index is -0.828. The zero-order valence-electron chi connectivity index (χ0n) is 22.6. The van der Waals surface area contributed by atoms with Crippen LogP contribution in [0.3, 0.4) is 0 Å². The predicted molar refractivity (Wildman–Crippen MR) is 143 cm³/mol. The number of carbonyl (C=O) groups excluding carboxylic acids is 2. The molecule has 2 amide bonds. The van der Waals surface area contributed by atoms with Crippen LogP contribution >= 0.6 is 0 Å². The van der Waals surface area contributed by atoms with Gasteiger partial charge in [0.25, 0.3) is 0 Å². The Hall–Kier alpha value is -3.46. The lowest BCUT2D eigenvalue weighted by atomic mass is 9.98. The van der Waals surface area contributed by atoms with Gasteiger partial charge in [-0.1, -0.05) is 36.4 Å². The van der Waals surface area contributed by atoms with E-state index in [1.54, 1.807) is 9.58 Å². The van der Waals surface area contributed by atoms with Gasteiger partial charge >= 0.3 is 0 Å². The van der Waals surface area contributed by atoms with Crippen LogP contribution in [-0.4, -0.2) is 63.6 Å². The number of hydrogen-bond acceptors (Lipinski definition) is 6. The standard InChI is InChI=1S/C28H39N5O4/c1-6-28(4,5)29-27(35)26(21-14-16-22(17-15-21)37-8-3)32(18-11-19-36-7-2)25(34)20-33-24-13-10-9-12-23(24)30-31-33/h9-10,12-17,26H,6-8,11,18-20H2,1-5H3,(H,29,35)/t26-/m0/s1. The van der Waals surface area contributed by atoms with Crippen LogP contribution in [-0.2, 0) is 20.9 Å². The molecule has 0 unspecified atom stereocenters. The maximum atomic E-state index is 13.8. The number of ether oxygens (including phenoxy) is 2. The Morgan fingerprint density at radius 3 is 2.46 bits per heavy atom. The summed E-state index contributed by atoms with van der Waals surface area (Å²) in [5.74, 6) is 0.252. The van der Waals surface area contributed by atoms with E-state index in [0.29, 0.717) is 49.6 Å². The molecule has 1 heterocycles. The zero-order chi connectivity index (χ0) is 26.8. The molecule has 0 fully saturated rings. The van der Waals surface area contributed by atoms with Gasteiger partial charge < -0.3 is 19.7 Å². The van der Waals surface area contributed by atoms with Crippen LogP contribution in [0.5, 0.6) is 5.75 Å². The summed E-state index contributed by atoms with van der Waals surface area (Å²) in [4.78, 5) is 29.2. The average Bonchev–Trinajstić information content (AvgIpc) is 3.29. The van der Waals surface area contributed by atoms with Gasteiger partial charge in [0, 0.05) is 25.3 Å². The topological polar surface area (TPSA) is 98.6 Å². The maximum absolute atomic E-state index is 13.8. The first kappa shape index (κ1) is 28.1. The number of fused-ring (bicyclic) bond motifs is 1.